The number of benzene rings is 1. The van der Waals surface area contributed by atoms with E-state index in [1.807, 2.05) is 0 Å². The van der Waals surface area contributed by atoms with Crippen LogP contribution in [-0.2, 0) is 30.8 Å². The van der Waals surface area contributed by atoms with E-state index < -0.39 is 73.8 Å². The average Bonchev–Trinajstić information content (AvgIpc) is 3.29. The predicted molar refractivity (Wildman–Crippen MR) is 136 cm³/mol. The molecule has 14 nitrogen and oxygen atoms in total. The number of hydrogen-bond donors (Lipinski definition) is 6. The molecule has 5 rings (SSSR count). The highest BCUT2D eigenvalue weighted by molar-refractivity contribution is 7.92. The fourth-order valence-electron chi connectivity index (χ4n) is 6.04. The van der Waals surface area contributed by atoms with Crippen molar-refractivity contribution < 1.29 is 47.8 Å². The number of amides is 1. The van der Waals surface area contributed by atoms with Gasteiger partial charge in [0.15, 0.2) is 17.1 Å². The smallest absolute Gasteiger partial charge is 0.267 e. The molecule has 212 valence electrons. The molecule has 40 heavy (non-hydrogen) atoms. The molecule has 3 aliphatic carbocycles. The zero-order valence-corrected chi connectivity index (χ0v) is 22.3. The minimum Gasteiger partial charge on any atom is -0.508 e. The molecule has 0 bridgehead atoms. The fraction of sp³-hybridized carbons (Fsp3) is 0.360. The number of aromatic nitrogens is 1. The lowest BCUT2D eigenvalue weighted by Crippen LogP contribution is -2.65. The number of fused-ring (bicyclic) bond motifs is 3. The molecular weight excluding hydrogens is 548 g/mol. The number of carbonyl (C=O) groups excluding carboxylic acids is 3. The Hall–Kier alpha value is -4.21. The molecule has 7 N–H and O–H groups in total. The number of nitrogens with one attached hydrogen (secondary N) is 1. The molecule has 1 fully saturated rings. The Balaban J connectivity index is 1.64. The number of phenolic OH excluding ortho intramolecular Hbond substituents is 1. The van der Waals surface area contributed by atoms with E-state index >= 15 is 0 Å². The number of nitrogens with zero attached hydrogens (tertiary/aromatic N) is 2. The van der Waals surface area contributed by atoms with Crippen LogP contribution >= 0.6 is 0 Å². The van der Waals surface area contributed by atoms with Gasteiger partial charge in [-0.2, -0.15) is 0 Å². The van der Waals surface area contributed by atoms with Crippen molar-refractivity contribution in [2.45, 2.75) is 36.3 Å². The standard InChI is InChI=1S/C25H26N4O10S/c1-9-14(8-39-27-9)40(37,38)28-13-5-4-10-6-11-7-12-18(29(2)3)21(32)17(24(26)35)23(34)25(12,36)22(33)16(11)20(31)15(10)19(13)30/h4-5,8,11-12,18,28,30-31,34,36H,6-7H2,1-3H3,(H2,26,35)/t11-,12-,18-,25-/m0/s1. The molecule has 0 spiro atoms. The van der Waals surface area contributed by atoms with Gasteiger partial charge in [-0.3, -0.25) is 24.0 Å². The third-order valence-corrected chi connectivity index (χ3v) is 9.29. The maximum atomic E-state index is 13.9. The SMILES string of the molecule is Cc1nocc1S(=O)(=O)Nc1ccc2c(c1O)C(O)=C1C(=O)[C@]3(O)C(O)=C(C(N)=O)C(=O)[C@@H](N(C)C)[C@@H]3C[C@@H]1C2. The molecule has 1 heterocycles. The molecular formula is C25H26N4O10S. The number of aliphatic hydroxyl groups excluding tert-OH is 2. The number of primary amides is 1. The highest BCUT2D eigenvalue weighted by Gasteiger charge is 2.64. The molecule has 0 unspecified atom stereocenters. The second kappa shape index (κ2) is 8.90. The van der Waals surface area contributed by atoms with Crippen molar-refractivity contribution in [1.29, 1.82) is 0 Å². The monoisotopic (exact) mass is 574 g/mol. The van der Waals surface area contributed by atoms with Gasteiger partial charge in [0.2, 0.25) is 5.78 Å². The predicted octanol–water partition coefficient (Wildman–Crippen LogP) is 0.0612. The van der Waals surface area contributed by atoms with Crippen molar-refractivity contribution in [1.82, 2.24) is 10.1 Å². The molecule has 0 saturated heterocycles. The Morgan fingerprint density at radius 2 is 1.90 bits per heavy atom. The minimum atomic E-state index is -4.26. The van der Waals surface area contributed by atoms with Gasteiger partial charge in [-0.25, -0.2) is 8.42 Å². The van der Waals surface area contributed by atoms with Gasteiger partial charge in [0, 0.05) is 11.5 Å². The van der Waals surface area contributed by atoms with E-state index in [2.05, 4.69) is 14.4 Å². The van der Waals surface area contributed by atoms with Crippen molar-refractivity contribution in [3.63, 3.8) is 0 Å². The molecule has 4 atom stereocenters. The summed E-state index contributed by atoms with van der Waals surface area (Å²) >= 11 is 0. The van der Waals surface area contributed by atoms with Crippen LogP contribution in [0.5, 0.6) is 5.75 Å². The average molecular weight is 575 g/mol. The summed E-state index contributed by atoms with van der Waals surface area (Å²) < 4.78 is 32.5. The van der Waals surface area contributed by atoms with Gasteiger partial charge in [-0.1, -0.05) is 11.2 Å². The van der Waals surface area contributed by atoms with Crippen molar-refractivity contribution in [3.8, 4) is 5.75 Å². The van der Waals surface area contributed by atoms with Gasteiger partial charge in [-0.15, -0.1) is 0 Å². The van der Waals surface area contributed by atoms with E-state index in [4.69, 9.17) is 5.73 Å². The summed E-state index contributed by atoms with van der Waals surface area (Å²) in [6.45, 7) is 1.40. The summed E-state index contributed by atoms with van der Waals surface area (Å²) in [5, 5.41) is 48.3. The molecule has 1 amide bonds. The van der Waals surface area contributed by atoms with E-state index in [1.165, 1.54) is 38.1 Å². The Morgan fingerprint density at radius 3 is 2.48 bits per heavy atom. The molecule has 2 aromatic rings. The van der Waals surface area contributed by atoms with Crippen molar-refractivity contribution in [2.75, 3.05) is 18.8 Å². The number of hydrogen-bond acceptors (Lipinski definition) is 12. The number of carbonyl (C=O) groups is 3. The van der Waals surface area contributed by atoms with Crippen molar-refractivity contribution >= 4 is 38.9 Å². The molecule has 1 saturated carbocycles. The second-order valence-corrected chi connectivity index (χ2v) is 12.0. The third-order valence-electron chi connectivity index (χ3n) is 7.83. The number of rotatable bonds is 5. The summed E-state index contributed by atoms with van der Waals surface area (Å²) in [7, 11) is -1.24. The summed E-state index contributed by atoms with van der Waals surface area (Å²) in [6.07, 6.45) is 0.915. The summed E-state index contributed by atoms with van der Waals surface area (Å²) in [5.74, 6) is -7.91. The Morgan fingerprint density at radius 1 is 1.23 bits per heavy atom. The number of anilines is 1. The first kappa shape index (κ1) is 27.4. The zero-order chi connectivity index (χ0) is 29.5. The lowest BCUT2D eigenvalue weighted by Gasteiger charge is -2.50. The summed E-state index contributed by atoms with van der Waals surface area (Å²) in [5.41, 5.74) is 1.14. The molecule has 3 aliphatic rings. The van der Waals surface area contributed by atoms with Crippen LogP contribution in [0.1, 0.15) is 23.2 Å². The zero-order valence-electron chi connectivity index (χ0n) is 21.5. The van der Waals surface area contributed by atoms with Gasteiger partial charge >= 0.3 is 0 Å². The van der Waals surface area contributed by atoms with Gasteiger partial charge in [0.1, 0.15) is 33.9 Å². The van der Waals surface area contributed by atoms with Crippen LogP contribution in [0.15, 0.2) is 44.7 Å². The first-order chi connectivity index (χ1) is 18.6. The lowest BCUT2D eigenvalue weighted by atomic mass is 9.57. The van der Waals surface area contributed by atoms with E-state index in [0.29, 0.717) is 5.56 Å². The summed E-state index contributed by atoms with van der Waals surface area (Å²) in [4.78, 5) is 40.2. The lowest BCUT2D eigenvalue weighted by molar-refractivity contribution is -0.153. The highest BCUT2D eigenvalue weighted by atomic mass is 32.2. The first-order valence-corrected chi connectivity index (χ1v) is 13.5. The van der Waals surface area contributed by atoms with Gasteiger partial charge in [0.05, 0.1) is 17.3 Å². The van der Waals surface area contributed by atoms with E-state index in [0.717, 1.165) is 6.26 Å². The number of ketones is 2. The number of Topliss-reactive ketones (excluding diaryl/α,β-unsaturated/α-hetero) is 2. The number of aliphatic hydroxyl groups is 3. The van der Waals surface area contributed by atoms with E-state index in [1.54, 1.807) is 0 Å². The van der Waals surface area contributed by atoms with E-state index in [-0.39, 0.29) is 40.3 Å². The topological polar surface area (TPSA) is 234 Å². The van der Waals surface area contributed by atoms with Crippen LogP contribution in [0.25, 0.3) is 5.76 Å². The Labute approximate surface area is 227 Å². The van der Waals surface area contributed by atoms with Gasteiger partial charge in [0.25, 0.3) is 15.9 Å². The van der Waals surface area contributed by atoms with Gasteiger partial charge < -0.3 is 30.7 Å². The third kappa shape index (κ3) is 3.65. The normalized spacial score (nSPS) is 26.5. The quantitative estimate of drug-likeness (QED) is 0.205. The number of likely N-dealkylation sites (N-methyl/N-ethyl adjacent to an activating group) is 1. The number of sulfonamides is 1. The molecule has 1 aromatic heterocycles. The van der Waals surface area contributed by atoms with Crippen LogP contribution in [0, 0.1) is 18.8 Å². The minimum absolute atomic E-state index is 0.0618. The molecule has 1 aromatic carbocycles. The number of aryl methyl sites for hydroxylation is 1. The van der Waals surface area contributed by atoms with Crippen LogP contribution in [-0.4, -0.2) is 82.1 Å². The maximum Gasteiger partial charge on any atom is 0.267 e. The molecule has 0 radical (unpaired) electrons. The van der Waals surface area contributed by atoms with Crippen LogP contribution in [0.4, 0.5) is 5.69 Å². The van der Waals surface area contributed by atoms with Crippen LogP contribution in [0.2, 0.25) is 0 Å². The number of aromatic hydroxyl groups is 1. The van der Waals surface area contributed by atoms with Crippen LogP contribution < -0.4 is 10.5 Å². The fourth-order valence-corrected chi connectivity index (χ4v) is 7.20. The Kier molecular flexibility index (Phi) is 6.09. The largest absolute Gasteiger partial charge is 0.508 e. The molecule has 0 aliphatic heterocycles. The van der Waals surface area contributed by atoms with Crippen LogP contribution in [0.3, 0.4) is 0 Å². The van der Waals surface area contributed by atoms with Gasteiger partial charge in [-0.05, 0) is 51.4 Å². The van der Waals surface area contributed by atoms with E-state index in [9.17, 15) is 43.2 Å². The van der Waals surface area contributed by atoms with Crippen molar-refractivity contribution in [3.05, 3.63) is 52.1 Å². The Bertz CT molecular complexity index is 1670. The first-order valence-electron chi connectivity index (χ1n) is 12.1. The molecule has 15 heteroatoms. The summed E-state index contributed by atoms with van der Waals surface area (Å²) in [6, 6.07) is 1.56. The maximum absolute atomic E-state index is 13.9. The number of phenols is 1. The number of nitrogens with two attached hydrogens (primary N) is 1. The van der Waals surface area contributed by atoms with Crippen molar-refractivity contribution in [2.24, 2.45) is 17.6 Å². The second-order valence-electron chi connectivity index (χ2n) is 10.3. The highest BCUT2D eigenvalue weighted by Crippen LogP contribution is 2.53.